The molecule has 2 N–H and O–H groups in total. The average Bonchev–Trinajstić information content (AvgIpc) is 3.43. The molecule has 3 rings (SSSR count). The molecule has 1 fully saturated rings. The maximum atomic E-state index is 5.75. The van der Waals surface area contributed by atoms with Crippen molar-refractivity contribution in [2.45, 2.75) is 72.1 Å². The fraction of sp³-hybridized carbons (Fsp3) is 0.625. The molecular weight excluding hydrogens is 515 g/mol. The van der Waals surface area contributed by atoms with Gasteiger partial charge in [0.2, 0.25) is 0 Å². The van der Waals surface area contributed by atoms with Gasteiger partial charge in [-0.2, -0.15) is 0 Å². The average molecular weight is 555 g/mol. The number of benzene rings is 1. The molecule has 1 aliphatic rings. The Morgan fingerprint density at radius 1 is 1.25 bits per heavy atom. The molecule has 0 radical (unpaired) electrons. The molecule has 32 heavy (non-hydrogen) atoms. The lowest BCUT2D eigenvalue weighted by Crippen LogP contribution is -2.40. The van der Waals surface area contributed by atoms with Gasteiger partial charge in [-0.05, 0) is 43.2 Å². The number of ether oxygens (including phenoxy) is 1. The van der Waals surface area contributed by atoms with Crippen LogP contribution >= 0.6 is 24.0 Å². The molecule has 0 aliphatic carbocycles. The van der Waals surface area contributed by atoms with Gasteiger partial charge in [0.1, 0.15) is 12.2 Å². The molecule has 8 heteroatoms. The molecule has 0 bridgehead atoms. The van der Waals surface area contributed by atoms with E-state index in [2.05, 4.69) is 77.4 Å². The Labute approximate surface area is 209 Å². The molecule has 0 spiro atoms. The van der Waals surface area contributed by atoms with Crippen LogP contribution in [-0.2, 0) is 24.1 Å². The van der Waals surface area contributed by atoms with Crippen LogP contribution in [0, 0.1) is 5.92 Å². The Bertz CT molecular complexity index is 814. The lowest BCUT2D eigenvalue weighted by Gasteiger charge is -2.20. The van der Waals surface area contributed by atoms with E-state index < -0.39 is 0 Å². The molecule has 1 aromatic carbocycles. The molecular formula is C24H39IN6O. The molecule has 2 unspecified atom stereocenters. The van der Waals surface area contributed by atoms with Gasteiger partial charge >= 0.3 is 0 Å². The van der Waals surface area contributed by atoms with E-state index in [4.69, 9.17) is 9.73 Å². The van der Waals surface area contributed by atoms with Crippen LogP contribution in [0.4, 0.5) is 0 Å². The second kappa shape index (κ2) is 13.8. The van der Waals surface area contributed by atoms with E-state index in [1.807, 2.05) is 0 Å². The van der Waals surface area contributed by atoms with Crippen molar-refractivity contribution in [3.05, 3.63) is 47.5 Å². The third-order valence-corrected chi connectivity index (χ3v) is 5.61. The van der Waals surface area contributed by atoms with E-state index in [1.165, 1.54) is 11.1 Å². The first-order valence-corrected chi connectivity index (χ1v) is 11.7. The Morgan fingerprint density at radius 3 is 2.69 bits per heavy atom. The van der Waals surface area contributed by atoms with Gasteiger partial charge in [-0.1, -0.05) is 45.0 Å². The fourth-order valence-electron chi connectivity index (χ4n) is 3.87. The van der Waals surface area contributed by atoms with Gasteiger partial charge in [-0.3, -0.25) is 4.99 Å². The molecule has 1 aliphatic heterocycles. The third kappa shape index (κ3) is 8.35. The number of nitrogens with one attached hydrogen (secondary N) is 2. The summed E-state index contributed by atoms with van der Waals surface area (Å²) in [7, 11) is 0. The van der Waals surface area contributed by atoms with Crippen molar-refractivity contribution in [3.8, 4) is 0 Å². The van der Waals surface area contributed by atoms with Crippen LogP contribution in [0.5, 0.6) is 0 Å². The van der Waals surface area contributed by atoms with Crippen LogP contribution in [0.2, 0.25) is 0 Å². The van der Waals surface area contributed by atoms with Gasteiger partial charge in [0.05, 0.1) is 18.7 Å². The van der Waals surface area contributed by atoms with Crippen LogP contribution in [0.25, 0.3) is 0 Å². The van der Waals surface area contributed by atoms with E-state index in [9.17, 15) is 0 Å². The summed E-state index contributed by atoms with van der Waals surface area (Å²) in [5.74, 6) is 2.49. The Balaban J connectivity index is 0.00000363. The zero-order valence-electron chi connectivity index (χ0n) is 19.9. The lowest BCUT2D eigenvalue weighted by atomic mass is 10.00. The number of halogens is 1. The van der Waals surface area contributed by atoms with E-state index in [0.717, 1.165) is 57.2 Å². The molecule has 7 nitrogen and oxygen atoms in total. The van der Waals surface area contributed by atoms with Crippen LogP contribution < -0.4 is 10.6 Å². The fourth-order valence-corrected chi connectivity index (χ4v) is 3.87. The van der Waals surface area contributed by atoms with E-state index >= 15 is 0 Å². The number of guanidine groups is 1. The summed E-state index contributed by atoms with van der Waals surface area (Å²) in [4.78, 5) is 4.82. The standard InChI is InChI=1S/C24H38N6O.HI/c1-5-23-29-27-17-30(23)13-12-25-24(26-16-22-7-6-14-31-22)28-19(4)21-10-8-20(9-11-21)15-18(2)3;/h8-11,17-19,22H,5-7,12-16H2,1-4H3,(H2,25,26,28);1H. The van der Waals surface area contributed by atoms with Crippen molar-refractivity contribution in [1.82, 2.24) is 25.4 Å². The number of hydrogen-bond donors (Lipinski definition) is 2. The van der Waals surface area contributed by atoms with E-state index in [0.29, 0.717) is 12.5 Å². The Morgan fingerprint density at radius 2 is 2.03 bits per heavy atom. The predicted molar refractivity (Wildman–Crippen MR) is 141 cm³/mol. The number of aliphatic imine (C=N–C) groups is 1. The van der Waals surface area contributed by atoms with Crippen LogP contribution in [-0.4, -0.2) is 46.5 Å². The highest BCUT2D eigenvalue weighted by atomic mass is 127. The van der Waals surface area contributed by atoms with Crippen molar-refractivity contribution in [2.24, 2.45) is 10.9 Å². The maximum absolute atomic E-state index is 5.75. The first-order chi connectivity index (χ1) is 15.0. The van der Waals surface area contributed by atoms with Crippen molar-refractivity contribution < 1.29 is 4.74 Å². The summed E-state index contributed by atoms with van der Waals surface area (Å²) >= 11 is 0. The Hall–Kier alpha value is -1.68. The van der Waals surface area contributed by atoms with E-state index in [1.54, 1.807) is 6.33 Å². The van der Waals surface area contributed by atoms with Crippen molar-refractivity contribution in [1.29, 1.82) is 0 Å². The second-order valence-corrected chi connectivity index (χ2v) is 8.75. The van der Waals surface area contributed by atoms with Gasteiger partial charge in [0.25, 0.3) is 0 Å². The van der Waals surface area contributed by atoms with Gasteiger partial charge < -0.3 is 19.9 Å². The van der Waals surface area contributed by atoms with Gasteiger partial charge in [0, 0.05) is 26.1 Å². The summed E-state index contributed by atoms with van der Waals surface area (Å²) in [6, 6.07) is 9.07. The minimum Gasteiger partial charge on any atom is -0.376 e. The van der Waals surface area contributed by atoms with Gasteiger partial charge in [-0.25, -0.2) is 0 Å². The molecule has 0 amide bonds. The first-order valence-electron chi connectivity index (χ1n) is 11.7. The minimum absolute atomic E-state index is 0. The molecule has 0 saturated carbocycles. The largest absolute Gasteiger partial charge is 0.376 e. The monoisotopic (exact) mass is 554 g/mol. The number of rotatable bonds is 10. The number of hydrogen-bond acceptors (Lipinski definition) is 4. The number of nitrogens with zero attached hydrogens (tertiary/aromatic N) is 4. The summed E-state index contributed by atoms with van der Waals surface area (Å²) in [6.45, 7) is 11.9. The molecule has 2 heterocycles. The zero-order chi connectivity index (χ0) is 22.1. The Kier molecular flexibility index (Phi) is 11.4. The second-order valence-electron chi connectivity index (χ2n) is 8.75. The SMILES string of the molecule is CCc1nncn1CCNC(=NCC1CCCO1)NC(C)c1ccc(CC(C)C)cc1.I. The first kappa shape index (κ1) is 26.6. The summed E-state index contributed by atoms with van der Waals surface area (Å²) < 4.78 is 7.83. The van der Waals surface area contributed by atoms with Gasteiger partial charge in [0.15, 0.2) is 5.96 Å². The highest BCUT2D eigenvalue weighted by molar-refractivity contribution is 14.0. The molecule has 2 aromatic rings. The summed E-state index contributed by atoms with van der Waals surface area (Å²) in [5.41, 5.74) is 2.64. The number of aromatic nitrogens is 3. The van der Waals surface area contributed by atoms with Gasteiger partial charge in [-0.15, -0.1) is 34.2 Å². The molecule has 2 atom stereocenters. The minimum atomic E-state index is 0. The molecule has 1 aromatic heterocycles. The van der Waals surface area contributed by atoms with Crippen molar-refractivity contribution in [2.75, 3.05) is 19.7 Å². The van der Waals surface area contributed by atoms with Crippen molar-refractivity contribution in [3.63, 3.8) is 0 Å². The van der Waals surface area contributed by atoms with Crippen LogP contribution in [0.3, 0.4) is 0 Å². The molecule has 1 saturated heterocycles. The normalized spacial score (nSPS) is 17.3. The third-order valence-electron chi connectivity index (χ3n) is 5.61. The maximum Gasteiger partial charge on any atom is 0.191 e. The predicted octanol–water partition coefficient (Wildman–Crippen LogP) is 4.13. The zero-order valence-corrected chi connectivity index (χ0v) is 22.2. The topological polar surface area (TPSA) is 76.4 Å². The van der Waals surface area contributed by atoms with Crippen LogP contribution in [0.15, 0.2) is 35.6 Å². The highest BCUT2D eigenvalue weighted by Gasteiger charge is 2.16. The number of aryl methyl sites for hydroxylation is 1. The van der Waals surface area contributed by atoms with Crippen LogP contribution in [0.1, 0.15) is 63.5 Å². The van der Waals surface area contributed by atoms with Crippen molar-refractivity contribution >= 4 is 29.9 Å². The smallest absolute Gasteiger partial charge is 0.191 e. The summed E-state index contributed by atoms with van der Waals surface area (Å²) in [5, 5.41) is 15.2. The highest BCUT2D eigenvalue weighted by Crippen LogP contribution is 2.16. The van der Waals surface area contributed by atoms with E-state index in [-0.39, 0.29) is 36.1 Å². The quantitative estimate of drug-likeness (QED) is 0.263. The summed E-state index contributed by atoms with van der Waals surface area (Å²) in [6.07, 6.45) is 6.22. The molecule has 178 valence electrons. The lowest BCUT2D eigenvalue weighted by molar-refractivity contribution is 0.117.